The van der Waals surface area contributed by atoms with Crippen LogP contribution in [0.5, 0.6) is 0 Å². The Labute approximate surface area is 192 Å². The second-order valence-electron chi connectivity index (χ2n) is 7.46. The zero-order valence-corrected chi connectivity index (χ0v) is 18.7. The molecule has 3 N–H and O–H groups in total. The quantitative estimate of drug-likeness (QED) is 0.301. The Morgan fingerprint density at radius 2 is 1.94 bits per heavy atom. The van der Waals surface area contributed by atoms with Crippen molar-refractivity contribution in [3.05, 3.63) is 64.2 Å². The third-order valence-electron chi connectivity index (χ3n) is 5.28. The van der Waals surface area contributed by atoms with E-state index in [0.717, 1.165) is 22.4 Å². The zero-order valence-electron chi connectivity index (χ0n) is 17.9. The predicted molar refractivity (Wildman–Crippen MR) is 129 cm³/mol. The molecule has 0 radical (unpaired) electrons. The van der Waals surface area contributed by atoms with Gasteiger partial charge in [0, 0.05) is 37.0 Å². The number of pyridine rings is 1. The summed E-state index contributed by atoms with van der Waals surface area (Å²) in [6.07, 6.45) is 4.22. The molecule has 1 amide bonds. The van der Waals surface area contributed by atoms with E-state index in [0.29, 0.717) is 47.1 Å². The van der Waals surface area contributed by atoms with Crippen molar-refractivity contribution < 1.29 is 9.53 Å². The maximum Gasteiger partial charge on any atom is 0.323 e. The zero-order chi connectivity index (χ0) is 22.8. The number of fused-ring (bicyclic) bond motifs is 2. The van der Waals surface area contributed by atoms with Crippen molar-refractivity contribution in [2.45, 2.75) is 19.9 Å². The Morgan fingerprint density at radius 3 is 2.73 bits per heavy atom. The van der Waals surface area contributed by atoms with Gasteiger partial charge in [0.15, 0.2) is 0 Å². The SMILES string of the molecule is CCOCCCn1c(NC(=O)c2ccc(-c3ccncc3)s2)nc2cc3[nH]c(=O)[nH]c3cc21. The lowest BCUT2D eigenvalue weighted by atomic mass is 10.2. The molecule has 0 saturated heterocycles. The van der Waals surface area contributed by atoms with Crippen LogP contribution >= 0.6 is 11.3 Å². The molecule has 0 saturated carbocycles. The van der Waals surface area contributed by atoms with E-state index in [1.807, 2.05) is 47.9 Å². The first kappa shape index (κ1) is 21.1. The number of rotatable bonds is 8. The van der Waals surface area contributed by atoms with Gasteiger partial charge in [0.25, 0.3) is 5.91 Å². The van der Waals surface area contributed by atoms with Crippen LogP contribution in [0.2, 0.25) is 0 Å². The minimum Gasteiger partial charge on any atom is -0.382 e. The molecule has 168 valence electrons. The molecule has 0 aliphatic heterocycles. The summed E-state index contributed by atoms with van der Waals surface area (Å²) in [6, 6.07) is 11.3. The number of hydrogen-bond acceptors (Lipinski definition) is 6. The highest BCUT2D eigenvalue weighted by Crippen LogP contribution is 2.29. The lowest BCUT2D eigenvalue weighted by Gasteiger charge is -2.10. The van der Waals surface area contributed by atoms with Crippen LogP contribution in [0.4, 0.5) is 5.95 Å². The molecule has 4 aromatic heterocycles. The van der Waals surface area contributed by atoms with Crippen molar-refractivity contribution in [2.75, 3.05) is 18.5 Å². The number of hydrogen-bond donors (Lipinski definition) is 3. The number of benzene rings is 1. The van der Waals surface area contributed by atoms with E-state index in [9.17, 15) is 9.59 Å². The molecule has 0 aliphatic carbocycles. The fourth-order valence-electron chi connectivity index (χ4n) is 3.74. The summed E-state index contributed by atoms with van der Waals surface area (Å²) in [5.41, 5.74) is 3.63. The monoisotopic (exact) mass is 462 g/mol. The Morgan fingerprint density at radius 1 is 1.15 bits per heavy atom. The summed E-state index contributed by atoms with van der Waals surface area (Å²) in [4.78, 5) is 40.5. The largest absolute Gasteiger partial charge is 0.382 e. The van der Waals surface area contributed by atoms with Crippen molar-refractivity contribution in [1.29, 1.82) is 0 Å². The first-order valence-corrected chi connectivity index (χ1v) is 11.5. The topological polar surface area (TPSA) is 118 Å². The van der Waals surface area contributed by atoms with Gasteiger partial charge in [-0.1, -0.05) is 0 Å². The fourth-order valence-corrected chi connectivity index (χ4v) is 4.65. The van der Waals surface area contributed by atoms with Gasteiger partial charge in [0.05, 0.1) is 26.9 Å². The number of carbonyl (C=O) groups excluding carboxylic acids is 1. The summed E-state index contributed by atoms with van der Waals surface area (Å²) in [7, 11) is 0. The molecule has 0 unspecified atom stereocenters. The summed E-state index contributed by atoms with van der Waals surface area (Å²) in [5, 5.41) is 2.97. The van der Waals surface area contributed by atoms with Crippen molar-refractivity contribution in [2.24, 2.45) is 0 Å². The number of thiophene rings is 1. The van der Waals surface area contributed by atoms with Gasteiger partial charge in [-0.2, -0.15) is 0 Å². The summed E-state index contributed by atoms with van der Waals surface area (Å²) < 4.78 is 7.43. The van der Waals surface area contributed by atoms with E-state index in [-0.39, 0.29) is 11.6 Å². The molecule has 0 atom stereocenters. The highest BCUT2D eigenvalue weighted by Gasteiger charge is 2.17. The van der Waals surface area contributed by atoms with Gasteiger partial charge in [0.2, 0.25) is 5.95 Å². The lowest BCUT2D eigenvalue weighted by Crippen LogP contribution is -2.15. The van der Waals surface area contributed by atoms with Gasteiger partial charge in [-0.15, -0.1) is 11.3 Å². The van der Waals surface area contributed by atoms with Crippen LogP contribution in [0.25, 0.3) is 32.5 Å². The average molecular weight is 463 g/mol. The lowest BCUT2D eigenvalue weighted by molar-refractivity contribution is 0.102. The van der Waals surface area contributed by atoms with Crippen LogP contribution < -0.4 is 11.0 Å². The van der Waals surface area contributed by atoms with Crippen molar-refractivity contribution in [3.63, 3.8) is 0 Å². The highest BCUT2D eigenvalue weighted by molar-refractivity contribution is 7.17. The minimum atomic E-state index is -0.267. The Kier molecular flexibility index (Phi) is 5.76. The summed E-state index contributed by atoms with van der Waals surface area (Å²) in [5.74, 6) is 0.237. The Balaban J connectivity index is 1.46. The van der Waals surface area contributed by atoms with E-state index >= 15 is 0 Å². The number of aromatic amines is 2. The number of H-pyrrole nitrogens is 2. The van der Waals surface area contributed by atoms with Crippen molar-refractivity contribution in [3.8, 4) is 10.4 Å². The molecule has 9 nitrogen and oxygen atoms in total. The molecule has 5 aromatic rings. The third-order valence-corrected chi connectivity index (χ3v) is 6.41. The fraction of sp³-hybridized carbons (Fsp3) is 0.217. The van der Waals surface area contributed by atoms with Crippen LogP contribution in [0, 0.1) is 0 Å². The molecule has 0 fully saturated rings. The van der Waals surface area contributed by atoms with Crippen molar-refractivity contribution in [1.82, 2.24) is 24.5 Å². The van der Waals surface area contributed by atoms with Gasteiger partial charge < -0.3 is 19.3 Å². The van der Waals surface area contributed by atoms with Crippen LogP contribution in [-0.2, 0) is 11.3 Å². The number of aromatic nitrogens is 5. The number of nitrogens with one attached hydrogen (secondary N) is 3. The van der Waals surface area contributed by atoms with Gasteiger partial charge >= 0.3 is 5.69 Å². The van der Waals surface area contributed by atoms with E-state index in [1.165, 1.54) is 11.3 Å². The molecular weight excluding hydrogens is 440 g/mol. The van der Waals surface area contributed by atoms with E-state index in [4.69, 9.17) is 4.74 Å². The van der Waals surface area contributed by atoms with E-state index < -0.39 is 0 Å². The molecule has 33 heavy (non-hydrogen) atoms. The first-order chi connectivity index (χ1) is 16.1. The number of ether oxygens (including phenoxy) is 1. The Bertz CT molecular complexity index is 1480. The normalized spacial score (nSPS) is 11.4. The van der Waals surface area contributed by atoms with Gasteiger partial charge in [-0.3, -0.25) is 15.1 Å². The number of nitrogens with zero attached hydrogens (tertiary/aromatic N) is 3. The number of carbonyl (C=O) groups is 1. The number of anilines is 1. The van der Waals surface area contributed by atoms with E-state index in [2.05, 4.69) is 25.3 Å². The smallest absolute Gasteiger partial charge is 0.323 e. The van der Waals surface area contributed by atoms with Gasteiger partial charge in [0.1, 0.15) is 0 Å². The first-order valence-electron chi connectivity index (χ1n) is 10.6. The highest BCUT2D eigenvalue weighted by atomic mass is 32.1. The Hall–Kier alpha value is -3.76. The summed E-state index contributed by atoms with van der Waals surface area (Å²) in [6.45, 7) is 3.82. The molecule has 4 heterocycles. The predicted octanol–water partition coefficient (Wildman–Crippen LogP) is 4.01. The third kappa shape index (κ3) is 4.30. The van der Waals surface area contributed by atoms with Gasteiger partial charge in [-0.05, 0) is 55.3 Å². The molecule has 1 aromatic carbocycles. The maximum absolute atomic E-state index is 13.0. The van der Waals surface area contributed by atoms with Crippen LogP contribution in [0.3, 0.4) is 0 Å². The van der Waals surface area contributed by atoms with Crippen LogP contribution in [0.1, 0.15) is 23.0 Å². The molecule has 0 aliphatic rings. The second-order valence-corrected chi connectivity index (χ2v) is 8.54. The molecule has 0 spiro atoms. The number of amides is 1. The second kappa shape index (κ2) is 9.00. The average Bonchev–Trinajstić information content (AvgIpc) is 3.52. The summed E-state index contributed by atoms with van der Waals surface area (Å²) >= 11 is 1.41. The number of aryl methyl sites for hydroxylation is 1. The molecule has 0 bridgehead atoms. The standard InChI is InChI=1S/C23H22N6O3S/c1-2-32-11-3-10-29-18-13-16-15(26-23(31)27-16)12-17(18)25-22(29)28-21(30)20-5-4-19(33-20)14-6-8-24-9-7-14/h4-9,12-13H,2-3,10-11H2,1H3,(H,25,28,30)(H2,26,27,31). The van der Waals surface area contributed by atoms with Crippen molar-refractivity contribution >= 4 is 45.3 Å². The van der Waals surface area contributed by atoms with E-state index in [1.54, 1.807) is 12.4 Å². The minimum absolute atomic E-state index is 0.222. The maximum atomic E-state index is 13.0. The van der Waals surface area contributed by atoms with Crippen LogP contribution in [0.15, 0.2) is 53.6 Å². The van der Waals surface area contributed by atoms with Gasteiger partial charge in [-0.25, -0.2) is 9.78 Å². The molecule has 10 heteroatoms. The van der Waals surface area contributed by atoms with Crippen LogP contribution in [-0.4, -0.2) is 43.6 Å². The molecule has 5 rings (SSSR count). The molecular formula is C23H22N6O3S. The number of imidazole rings is 2.